The third kappa shape index (κ3) is 4.17. The Balaban J connectivity index is 1.78. The molecule has 0 aromatic carbocycles. The largest absolute Gasteiger partial charge is 0.337 e. The van der Waals surface area contributed by atoms with E-state index in [0.29, 0.717) is 32.5 Å². The van der Waals surface area contributed by atoms with Crippen molar-refractivity contribution in [2.45, 2.75) is 51.6 Å². The van der Waals surface area contributed by atoms with E-state index < -0.39 is 10.0 Å². The second-order valence-electron chi connectivity index (χ2n) is 6.10. The van der Waals surface area contributed by atoms with Gasteiger partial charge in [0.15, 0.2) is 0 Å². The van der Waals surface area contributed by atoms with Gasteiger partial charge in [-0.15, -0.1) is 0 Å². The summed E-state index contributed by atoms with van der Waals surface area (Å²) in [6.07, 6.45) is 2.65. The molecule has 2 heterocycles. The number of carbonyl (C=O) groups is 1. The maximum atomic E-state index is 12.3. The number of carbonyl (C=O) groups excluding carboxylic acids is 1. The number of amides is 1. The molecule has 0 saturated carbocycles. The van der Waals surface area contributed by atoms with E-state index >= 15 is 0 Å². The molecule has 0 aliphatic carbocycles. The van der Waals surface area contributed by atoms with Crippen LogP contribution in [0.1, 0.15) is 39.5 Å². The van der Waals surface area contributed by atoms with Crippen molar-refractivity contribution in [3.05, 3.63) is 0 Å². The van der Waals surface area contributed by atoms with Gasteiger partial charge in [-0.2, -0.15) is 0 Å². The molecule has 0 spiro atoms. The van der Waals surface area contributed by atoms with Gasteiger partial charge in [0, 0.05) is 44.7 Å². The second kappa shape index (κ2) is 7.07. The van der Waals surface area contributed by atoms with Crippen LogP contribution < -0.4 is 5.32 Å². The van der Waals surface area contributed by atoms with E-state index in [1.54, 1.807) is 4.31 Å². The first-order chi connectivity index (χ1) is 9.92. The molecule has 2 fully saturated rings. The number of hydrogen-bond acceptors (Lipinski definition) is 4. The third-order valence-electron chi connectivity index (χ3n) is 4.61. The van der Waals surface area contributed by atoms with Crippen LogP contribution in [-0.4, -0.2) is 67.5 Å². The monoisotopic (exact) mass is 317 g/mol. The first-order valence-electron chi connectivity index (χ1n) is 7.92. The minimum Gasteiger partial charge on any atom is -0.337 e. The van der Waals surface area contributed by atoms with E-state index in [9.17, 15) is 13.2 Å². The summed E-state index contributed by atoms with van der Waals surface area (Å²) < 4.78 is 25.8. The van der Waals surface area contributed by atoms with Crippen molar-refractivity contribution in [3.8, 4) is 0 Å². The van der Waals surface area contributed by atoms with Gasteiger partial charge in [0.05, 0.1) is 5.75 Å². The molecule has 2 aliphatic heterocycles. The molecule has 2 atom stereocenters. The summed E-state index contributed by atoms with van der Waals surface area (Å²) in [6.45, 7) is 6.91. The minimum atomic E-state index is -3.16. The lowest BCUT2D eigenvalue weighted by Crippen LogP contribution is -2.57. The molecule has 6 nitrogen and oxygen atoms in total. The lowest BCUT2D eigenvalue weighted by atomic mass is 10.1. The smallest absolute Gasteiger partial charge is 0.222 e. The lowest BCUT2D eigenvalue weighted by molar-refractivity contribution is -0.134. The highest BCUT2D eigenvalue weighted by Gasteiger charge is 2.29. The summed E-state index contributed by atoms with van der Waals surface area (Å²) in [5.74, 6) is 0.168. The highest BCUT2D eigenvalue weighted by molar-refractivity contribution is 7.89. The molecule has 122 valence electrons. The maximum Gasteiger partial charge on any atom is 0.222 e. The van der Waals surface area contributed by atoms with Crippen molar-refractivity contribution in [2.75, 3.05) is 31.9 Å². The van der Waals surface area contributed by atoms with Crippen molar-refractivity contribution in [3.63, 3.8) is 0 Å². The molecule has 2 rings (SSSR count). The van der Waals surface area contributed by atoms with Gasteiger partial charge in [-0.1, -0.05) is 0 Å². The highest BCUT2D eigenvalue weighted by Crippen LogP contribution is 2.15. The third-order valence-corrected chi connectivity index (χ3v) is 6.56. The Labute approximate surface area is 127 Å². The first kappa shape index (κ1) is 16.7. The molecule has 0 aromatic rings. The zero-order chi connectivity index (χ0) is 15.5. The van der Waals surface area contributed by atoms with Gasteiger partial charge in [-0.3, -0.25) is 4.79 Å². The Kier molecular flexibility index (Phi) is 5.62. The normalized spacial score (nSPS) is 28.0. The van der Waals surface area contributed by atoms with Gasteiger partial charge in [0.2, 0.25) is 15.9 Å². The van der Waals surface area contributed by atoms with E-state index in [4.69, 9.17) is 0 Å². The summed E-state index contributed by atoms with van der Waals surface area (Å²) in [5.41, 5.74) is 0. The van der Waals surface area contributed by atoms with Crippen molar-refractivity contribution >= 4 is 15.9 Å². The van der Waals surface area contributed by atoms with Gasteiger partial charge in [0.25, 0.3) is 0 Å². The fraction of sp³-hybridized carbons (Fsp3) is 0.929. The number of nitrogens with one attached hydrogen (secondary N) is 1. The molecule has 1 N–H and O–H groups in total. The Morgan fingerprint density at radius 2 is 1.86 bits per heavy atom. The number of sulfonamides is 1. The van der Waals surface area contributed by atoms with Crippen LogP contribution in [0.3, 0.4) is 0 Å². The van der Waals surface area contributed by atoms with Gasteiger partial charge < -0.3 is 10.2 Å². The van der Waals surface area contributed by atoms with Crippen LogP contribution in [0.25, 0.3) is 0 Å². The number of hydrogen-bond donors (Lipinski definition) is 1. The summed E-state index contributed by atoms with van der Waals surface area (Å²) >= 11 is 0. The predicted molar refractivity (Wildman–Crippen MR) is 82.5 cm³/mol. The Hall–Kier alpha value is -0.660. The molecular formula is C14H27N3O3S. The molecule has 0 radical (unpaired) electrons. The van der Waals surface area contributed by atoms with Crippen molar-refractivity contribution in [1.82, 2.24) is 14.5 Å². The van der Waals surface area contributed by atoms with E-state index in [2.05, 4.69) is 12.2 Å². The maximum absolute atomic E-state index is 12.3. The Bertz CT molecular complexity index is 460. The summed E-state index contributed by atoms with van der Waals surface area (Å²) in [7, 11) is -3.16. The lowest BCUT2D eigenvalue weighted by Gasteiger charge is -2.38. The molecule has 7 heteroatoms. The Morgan fingerprint density at radius 3 is 2.52 bits per heavy atom. The van der Waals surface area contributed by atoms with Gasteiger partial charge in [-0.05, 0) is 33.1 Å². The zero-order valence-corrected chi connectivity index (χ0v) is 13.9. The quantitative estimate of drug-likeness (QED) is 0.797. The van der Waals surface area contributed by atoms with Crippen LogP contribution in [0.4, 0.5) is 0 Å². The van der Waals surface area contributed by atoms with Crippen LogP contribution in [-0.2, 0) is 14.8 Å². The van der Waals surface area contributed by atoms with Crippen LogP contribution in [0.15, 0.2) is 0 Å². The van der Waals surface area contributed by atoms with E-state index in [1.807, 2.05) is 11.8 Å². The SMILES string of the molecule is CC1NCCN(C(=O)CCCS(=O)(=O)N2CCCC2)C1C. The second-order valence-corrected chi connectivity index (χ2v) is 8.18. The van der Waals surface area contributed by atoms with Crippen molar-refractivity contribution in [2.24, 2.45) is 0 Å². The first-order valence-corrected chi connectivity index (χ1v) is 9.53. The standard InChI is InChI=1S/C14H27N3O3S/c1-12-13(2)17(10-7-15-12)14(18)6-5-11-21(19,20)16-8-3-4-9-16/h12-13,15H,3-11H2,1-2H3. The van der Waals surface area contributed by atoms with Crippen LogP contribution >= 0.6 is 0 Å². The van der Waals surface area contributed by atoms with Crippen molar-refractivity contribution in [1.29, 1.82) is 0 Å². The molecule has 0 bridgehead atoms. The van der Waals surface area contributed by atoms with E-state index in [0.717, 1.165) is 19.4 Å². The summed E-state index contributed by atoms with van der Waals surface area (Å²) in [4.78, 5) is 14.1. The van der Waals surface area contributed by atoms with Gasteiger partial charge in [0.1, 0.15) is 0 Å². The highest BCUT2D eigenvalue weighted by atomic mass is 32.2. The van der Waals surface area contributed by atoms with E-state index in [1.165, 1.54) is 0 Å². The van der Waals surface area contributed by atoms with Crippen LogP contribution in [0.2, 0.25) is 0 Å². The number of rotatable bonds is 5. The predicted octanol–water partition coefficient (Wildman–Crippen LogP) is 0.401. The van der Waals surface area contributed by atoms with Gasteiger partial charge >= 0.3 is 0 Å². The van der Waals surface area contributed by atoms with Crippen molar-refractivity contribution < 1.29 is 13.2 Å². The number of nitrogens with zero attached hydrogens (tertiary/aromatic N) is 2. The number of piperazine rings is 1. The molecule has 1 amide bonds. The molecule has 2 aliphatic rings. The van der Waals surface area contributed by atoms with Crippen LogP contribution in [0, 0.1) is 0 Å². The summed E-state index contributed by atoms with van der Waals surface area (Å²) in [6, 6.07) is 0.456. The molecule has 21 heavy (non-hydrogen) atoms. The Morgan fingerprint density at radius 1 is 1.19 bits per heavy atom. The molecular weight excluding hydrogens is 290 g/mol. The average Bonchev–Trinajstić information content (AvgIpc) is 2.96. The van der Waals surface area contributed by atoms with E-state index in [-0.39, 0.29) is 23.7 Å². The fourth-order valence-electron chi connectivity index (χ4n) is 3.05. The zero-order valence-electron chi connectivity index (χ0n) is 13.0. The minimum absolute atomic E-state index is 0.0764. The van der Waals surface area contributed by atoms with Crippen LogP contribution in [0.5, 0.6) is 0 Å². The fourth-order valence-corrected chi connectivity index (χ4v) is 4.64. The van der Waals surface area contributed by atoms with Gasteiger partial charge in [-0.25, -0.2) is 12.7 Å². The topological polar surface area (TPSA) is 69.7 Å². The average molecular weight is 317 g/mol. The molecule has 2 unspecified atom stereocenters. The summed E-state index contributed by atoms with van der Waals surface area (Å²) in [5, 5.41) is 3.34. The molecule has 2 saturated heterocycles. The molecule has 0 aromatic heterocycles.